The van der Waals surface area contributed by atoms with Gasteiger partial charge in [-0.3, -0.25) is 34.2 Å². The summed E-state index contributed by atoms with van der Waals surface area (Å²) in [6.07, 6.45) is 5.29. The van der Waals surface area contributed by atoms with Crippen LogP contribution in [0.1, 0.15) is 72.1 Å². The lowest BCUT2D eigenvalue weighted by Gasteiger charge is -2.27. The van der Waals surface area contributed by atoms with Gasteiger partial charge in [0.1, 0.15) is 11.8 Å². The van der Waals surface area contributed by atoms with Crippen molar-refractivity contribution in [1.82, 2.24) is 15.1 Å². The van der Waals surface area contributed by atoms with Crippen molar-refractivity contribution >= 4 is 29.5 Å². The number of benzene rings is 1. The number of ether oxygens (including phenoxy) is 1. The van der Waals surface area contributed by atoms with Crippen LogP contribution in [0.2, 0.25) is 0 Å². The van der Waals surface area contributed by atoms with Crippen LogP contribution in [0.4, 0.5) is 0 Å². The smallest absolute Gasteiger partial charge is 0.266 e. The van der Waals surface area contributed by atoms with Gasteiger partial charge in [0.15, 0.2) is 0 Å². The van der Waals surface area contributed by atoms with Crippen molar-refractivity contribution in [3.05, 3.63) is 29.3 Å². The third kappa shape index (κ3) is 4.37. The van der Waals surface area contributed by atoms with Gasteiger partial charge in [-0.2, -0.15) is 0 Å². The predicted molar refractivity (Wildman–Crippen MR) is 113 cm³/mol. The average molecular weight is 441 g/mol. The van der Waals surface area contributed by atoms with Crippen molar-refractivity contribution in [2.75, 3.05) is 19.7 Å². The highest BCUT2D eigenvalue weighted by molar-refractivity contribution is 6.24. The Bertz CT molecular complexity index is 953. The number of fused-ring (bicyclic) bond motifs is 1. The molecule has 0 radical (unpaired) electrons. The van der Waals surface area contributed by atoms with Crippen molar-refractivity contribution in [3.8, 4) is 5.75 Å². The number of amides is 5. The summed E-state index contributed by atoms with van der Waals surface area (Å²) < 4.78 is 5.80. The molecular weight excluding hydrogens is 414 g/mol. The number of nitrogens with one attached hydrogen (secondary N) is 1. The molecule has 0 spiro atoms. The van der Waals surface area contributed by atoms with Crippen LogP contribution in [0.15, 0.2) is 18.2 Å². The van der Waals surface area contributed by atoms with Gasteiger partial charge in [0, 0.05) is 25.9 Å². The van der Waals surface area contributed by atoms with Gasteiger partial charge in [-0.15, -0.1) is 0 Å². The molecule has 0 saturated carbocycles. The second kappa shape index (κ2) is 9.50. The van der Waals surface area contributed by atoms with E-state index in [1.165, 1.54) is 12.5 Å². The van der Waals surface area contributed by atoms with Crippen molar-refractivity contribution in [2.24, 2.45) is 0 Å². The van der Waals surface area contributed by atoms with E-state index in [1.807, 2.05) is 4.90 Å². The Morgan fingerprint density at radius 1 is 1.03 bits per heavy atom. The molecule has 4 rings (SSSR count). The number of carbonyl (C=O) groups is 5. The quantitative estimate of drug-likeness (QED) is 0.509. The Hall–Kier alpha value is -3.23. The molecule has 0 aliphatic carbocycles. The minimum absolute atomic E-state index is 0.0727. The molecule has 9 nitrogen and oxygen atoms in total. The summed E-state index contributed by atoms with van der Waals surface area (Å²) in [6.45, 7) is 1.99. The molecule has 9 heteroatoms. The Morgan fingerprint density at radius 2 is 1.81 bits per heavy atom. The first-order valence-corrected chi connectivity index (χ1v) is 11.2. The maximum Gasteiger partial charge on any atom is 0.266 e. The van der Waals surface area contributed by atoms with Crippen molar-refractivity contribution in [3.63, 3.8) is 0 Å². The molecule has 1 N–H and O–H groups in total. The van der Waals surface area contributed by atoms with Crippen LogP contribution in [0.5, 0.6) is 5.75 Å². The van der Waals surface area contributed by atoms with E-state index >= 15 is 0 Å². The zero-order chi connectivity index (χ0) is 22.7. The van der Waals surface area contributed by atoms with Gasteiger partial charge in [0.2, 0.25) is 17.7 Å². The minimum atomic E-state index is -1.01. The summed E-state index contributed by atoms with van der Waals surface area (Å²) in [4.78, 5) is 64.5. The summed E-state index contributed by atoms with van der Waals surface area (Å²) in [5.41, 5.74) is 0.337. The third-order valence-corrected chi connectivity index (χ3v) is 6.18. The molecular formula is C23H27N3O6. The molecule has 1 unspecified atom stereocenters. The van der Waals surface area contributed by atoms with Gasteiger partial charge in [0.05, 0.1) is 17.7 Å². The van der Waals surface area contributed by atoms with Gasteiger partial charge in [-0.1, -0.05) is 6.07 Å². The number of likely N-dealkylation sites (tertiary alicyclic amines) is 1. The maximum atomic E-state index is 13.0. The first kappa shape index (κ1) is 22.0. The zero-order valence-corrected chi connectivity index (χ0v) is 17.9. The lowest BCUT2D eigenvalue weighted by Crippen LogP contribution is -2.54. The Labute approximate surface area is 186 Å². The standard InChI is InChI=1S/C23H27N3O6/c27-18-11-10-16(21(29)24-18)26-22(30)15-7-6-8-17(20(15)23(26)31)32-14-5-2-9-19(28)25-12-3-1-4-13-25/h6-8,16H,1-5,9-14H2,(H,24,27,29). The van der Waals surface area contributed by atoms with Crippen LogP contribution in [0.3, 0.4) is 0 Å². The molecule has 1 aromatic rings. The van der Waals surface area contributed by atoms with E-state index in [0.29, 0.717) is 25.9 Å². The monoisotopic (exact) mass is 441 g/mol. The number of nitrogens with zero attached hydrogens (tertiary/aromatic N) is 2. The first-order chi connectivity index (χ1) is 15.5. The molecule has 5 amide bonds. The van der Waals surface area contributed by atoms with Crippen LogP contribution < -0.4 is 10.1 Å². The van der Waals surface area contributed by atoms with Gasteiger partial charge < -0.3 is 9.64 Å². The molecule has 3 aliphatic rings. The molecule has 3 aliphatic heterocycles. The highest BCUT2D eigenvalue weighted by atomic mass is 16.5. The molecule has 2 saturated heterocycles. The summed E-state index contributed by atoms with van der Waals surface area (Å²) in [6, 6.07) is 3.78. The fourth-order valence-corrected chi connectivity index (χ4v) is 4.47. The number of hydrogen-bond donors (Lipinski definition) is 1. The maximum absolute atomic E-state index is 13.0. The molecule has 0 aromatic heterocycles. The van der Waals surface area contributed by atoms with Crippen molar-refractivity contribution in [2.45, 2.75) is 57.4 Å². The normalized spacial score (nSPS) is 20.9. The fourth-order valence-electron chi connectivity index (χ4n) is 4.47. The number of piperidine rings is 2. The van der Waals surface area contributed by atoms with Crippen molar-refractivity contribution in [1.29, 1.82) is 0 Å². The lowest BCUT2D eigenvalue weighted by atomic mass is 10.0. The molecule has 3 heterocycles. The Kier molecular flexibility index (Phi) is 6.53. The molecule has 1 atom stereocenters. The SMILES string of the molecule is O=C1CCC(N2C(=O)c3cccc(OCCCCC(=O)N4CCCCC4)c3C2=O)C(=O)N1. The van der Waals surface area contributed by atoms with E-state index in [0.717, 1.165) is 30.8 Å². The van der Waals surface area contributed by atoms with E-state index in [2.05, 4.69) is 5.32 Å². The van der Waals surface area contributed by atoms with E-state index in [4.69, 9.17) is 4.74 Å². The number of rotatable bonds is 7. The topological polar surface area (TPSA) is 113 Å². The minimum Gasteiger partial charge on any atom is -0.493 e. The highest BCUT2D eigenvalue weighted by Crippen LogP contribution is 2.33. The fraction of sp³-hybridized carbons (Fsp3) is 0.522. The van der Waals surface area contributed by atoms with Crippen LogP contribution in [-0.4, -0.2) is 65.1 Å². The largest absolute Gasteiger partial charge is 0.493 e. The average Bonchev–Trinajstić information content (AvgIpc) is 3.05. The summed E-state index contributed by atoms with van der Waals surface area (Å²) in [5, 5.41) is 2.18. The van der Waals surface area contributed by atoms with Crippen molar-refractivity contribution < 1.29 is 28.7 Å². The zero-order valence-electron chi connectivity index (χ0n) is 17.9. The Balaban J connectivity index is 1.34. The van der Waals surface area contributed by atoms with E-state index in [-0.39, 0.29) is 35.6 Å². The van der Waals surface area contributed by atoms with E-state index in [1.54, 1.807) is 12.1 Å². The summed E-state index contributed by atoms with van der Waals surface area (Å²) >= 11 is 0. The third-order valence-electron chi connectivity index (χ3n) is 6.18. The second-order valence-corrected chi connectivity index (χ2v) is 8.37. The van der Waals surface area contributed by atoms with Crippen LogP contribution in [-0.2, 0) is 14.4 Å². The summed E-state index contributed by atoms with van der Waals surface area (Å²) in [7, 11) is 0. The molecule has 32 heavy (non-hydrogen) atoms. The first-order valence-electron chi connectivity index (χ1n) is 11.2. The van der Waals surface area contributed by atoms with Crippen LogP contribution in [0.25, 0.3) is 0 Å². The second-order valence-electron chi connectivity index (χ2n) is 8.37. The van der Waals surface area contributed by atoms with Gasteiger partial charge >= 0.3 is 0 Å². The molecule has 0 bridgehead atoms. The number of unbranched alkanes of at least 4 members (excludes halogenated alkanes) is 1. The highest BCUT2D eigenvalue weighted by Gasteiger charge is 2.45. The molecule has 170 valence electrons. The van der Waals surface area contributed by atoms with E-state index < -0.39 is 29.7 Å². The molecule has 1 aromatic carbocycles. The predicted octanol–water partition coefficient (Wildman–Crippen LogP) is 1.65. The Morgan fingerprint density at radius 3 is 2.56 bits per heavy atom. The number of hydrogen-bond acceptors (Lipinski definition) is 6. The van der Waals surface area contributed by atoms with Gasteiger partial charge in [-0.25, -0.2) is 0 Å². The number of carbonyl (C=O) groups excluding carboxylic acids is 5. The van der Waals surface area contributed by atoms with Gasteiger partial charge in [-0.05, 0) is 50.7 Å². The van der Waals surface area contributed by atoms with Gasteiger partial charge in [0.25, 0.3) is 11.8 Å². The molecule has 2 fully saturated rings. The number of imide groups is 2. The van der Waals surface area contributed by atoms with Crippen LogP contribution in [0, 0.1) is 0 Å². The van der Waals surface area contributed by atoms with E-state index in [9.17, 15) is 24.0 Å². The summed E-state index contributed by atoms with van der Waals surface area (Å²) in [5.74, 6) is -1.74. The lowest BCUT2D eigenvalue weighted by molar-refractivity contribution is -0.136. The van der Waals surface area contributed by atoms with Crippen LogP contribution >= 0.6 is 0 Å².